The minimum Gasteiger partial charge on any atom is -0.352 e. The average molecular weight is 371 g/mol. The molecule has 1 N–H and O–H groups in total. The average Bonchev–Trinajstić information content (AvgIpc) is 2.63. The monoisotopic (exact) mass is 370 g/mol. The molecule has 3 rings (SSSR count). The van der Waals surface area contributed by atoms with Crippen LogP contribution in [0.1, 0.15) is 30.1 Å². The number of amides is 1. The third-order valence-electron chi connectivity index (χ3n) is 3.79. The van der Waals surface area contributed by atoms with Crippen LogP contribution in [0.3, 0.4) is 0 Å². The number of halogens is 1. The first-order valence-corrected chi connectivity index (χ1v) is 9.48. The van der Waals surface area contributed by atoms with Gasteiger partial charge in [0.15, 0.2) is 0 Å². The molecular formula is C20H19ClN2OS. The van der Waals surface area contributed by atoms with Gasteiger partial charge >= 0.3 is 0 Å². The maximum atomic E-state index is 12.6. The van der Waals surface area contributed by atoms with Gasteiger partial charge in [-0.25, -0.2) is 4.98 Å². The van der Waals surface area contributed by atoms with E-state index in [2.05, 4.69) is 17.2 Å². The van der Waals surface area contributed by atoms with Gasteiger partial charge in [0.2, 0.25) is 0 Å². The molecule has 1 heterocycles. The summed E-state index contributed by atoms with van der Waals surface area (Å²) in [6.45, 7) is 2.79. The molecule has 1 aromatic heterocycles. The van der Waals surface area contributed by atoms with Crippen molar-refractivity contribution in [2.24, 2.45) is 0 Å². The van der Waals surface area contributed by atoms with Gasteiger partial charge in [0, 0.05) is 21.8 Å². The second-order valence-corrected chi connectivity index (χ2v) is 7.22. The van der Waals surface area contributed by atoms with E-state index in [1.165, 1.54) is 11.8 Å². The number of rotatable bonds is 6. The van der Waals surface area contributed by atoms with Crippen molar-refractivity contribution in [3.05, 3.63) is 65.2 Å². The van der Waals surface area contributed by atoms with Crippen molar-refractivity contribution in [3.8, 4) is 0 Å². The lowest BCUT2D eigenvalue weighted by Crippen LogP contribution is -2.24. The first-order chi connectivity index (χ1) is 12.2. The number of carbonyl (C=O) groups is 1. The molecule has 2 aromatic carbocycles. The SMILES string of the molecule is CCCCNC(=O)c1cc(Sc2ccc(Cl)cc2)nc2ccccc12. The molecule has 0 saturated carbocycles. The second-order valence-electron chi connectivity index (χ2n) is 5.69. The Morgan fingerprint density at radius 1 is 1.16 bits per heavy atom. The number of nitrogens with zero attached hydrogens (tertiary/aromatic N) is 1. The zero-order valence-electron chi connectivity index (χ0n) is 14.0. The largest absolute Gasteiger partial charge is 0.352 e. The Bertz CT molecular complexity index is 881. The molecular weight excluding hydrogens is 352 g/mol. The van der Waals surface area contributed by atoms with E-state index in [0.717, 1.165) is 33.7 Å². The summed E-state index contributed by atoms with van der Waals surface area (Å²) < 4.78 is 0. The van der Waals surface area contributed by atoms with Gasteiger partial charge in [-0.05, 0) is 42.8 Å². The second kappa shape index (κ2) is 8.37. The molecule has 0 aliphatic heterocycles. The van der Waals surface area contributed by atoms with Crippen LogP contribution < -0.4 is 5.32 Å². The molecule has 25 heavy (non-hydrogen) atoms. The molecule has 0 unspecified atom stereocenters. The molecule has 5 heteroatoms. The number of nitrogens with one attached hydrogen (secondary N) is 1. The Labute approximate surface area is 156 Å². The molecule has 128 valence electrons. The molecule has 0 saturated heterocycles. The number of hydrogen-bond acceptors (Lipinski definition) is 3. The van der Waals surface area contributed by atoms with Crippen molar-refractivity contribution < 1.29 is 4.79 Å². The van der Waals surface area contributed by atoms with Crippen LogP contribution in [0.4, 0.5) is 0 Å². The summed E-state index contributed by atoms with van der Waals surface area (Å²) in [5.74, 6) is -0.0509. The van der Waals surface area contributed by atoms with E-state index in [4.69, 9.17) is 11.6 Å². The lowest BCUT2D eigenvalue weighted by atomic mass is 10.1. The highest BCUT2D eigenvalue weighted by Crippen LogP contribution is 2.30. The third kappa shape index (κ3) is 4.53. The minimum absolute atomic E-state index is 0.0509. The van der Waals surface area contributed by atoms with Crippen molar-refractivity contribution in [2.45, 2.75) is 29.7 Å². The van der Waals surface area contributed by atoms with Gasteiger partial charge in [-0.1, -0.05) is 54.9 Å². The van der Waals surface area contributed by atoms with Gasteiger partial charge in [-0.15, -0.1) is 0 Å². The normalized spacial score (nSPS) is 10.8. The van der Waals surface area contributed by atoms with Gasteiger partial charge in [0.1, 0.15) is 5.03 Å². The van der Waals surface area contributed by atoms with Crippen molar-refractivity contribution >= 4 is 40.2 Å². The predicted molar refractivity (Wildman–Crippen MR) is 105 cm³/mol. The zero-order valence-corrected chi connectivity index (χ0v) is 15.5. The number of carbonyl (C=O) groups excluding carboxylic acids is 1. The number of fused-ring (bicyclic) bond motifs is 1. The molecule has 1 amide bonds. The van der Waals surface area contributed by atoms with Crippen LogP contribution in [0.5, 0.6) is 0 Å². The summed E-state index contributed by atoms with van der Waals surface area (Å²) >= 11 is 7.46. The fourth-order valence-corrected chi connectivity index (χ4v) is 3.45. The van der Waals surface area contributed by atoms with Crippen molar-refractivity contribution in [2.75, 3.05) is 6.54 Å². The van der Waals surface area contributed by atoms with Crippen LogP contribution in [0.15, 0.2) is 64.5 Å². The van der Waals surface area contributed by atoms with Gasteiger partial charge < -0.3 is 5.32 Å². The number of unbranched alkanes of at least 4 members (excludes halogenated alkanes) is 1. The Kier molecular flexibility index (Phi) is 5.95. The molecule has 0 bridgehead atoms. The van der Waals surface area contributed by atoms with Crippen molar-refractivity contribution in [3.63, 3.8) is 0 Å². The van der Waals surface area contributed by atoms with Crippen LogP contribution in [0.2, 0.25) is 5.02 Å². The Hall–Kier alpha value is -2.04. The molecule has 0 radical (unpaired) electrons. The van der Waals surface area contributed by atoms with E-state index in [9.17, 15) is 4.79 Å². The summed E-state index contributed by atoms with van der Waals surface area (Å²) in [7, 11) is 0. The van der Waals surface area contributed by atoms with Crippen molar-refractivity contribution in [1.29, 1.82) is 0 Å². The quantitative estimate of drug-likeness (QED) is 0.577. The van der Waals surface area contributed by atoms with Crippen LogP contribution in [0.25, 0.3) is 10.9 Å². The number of hydrogen-bond donors (Lipinski definition) is 1. The fraction of sp³-hybridized carbons (Fsp3) is 0.200. The lowest BCUT2D eigenvalue weighted by Gasteiger charge is -2.10. The van der Waals surface area contributed by atoms with Crippen LogP contribution in [-0.2, 0) is 0 Å². The van der Waals surface area contributed by atoms with Gasteiger partial charge in [-0.3, -0.25) is 4.79 Å². The molecule has 3 aromatic rings. The molecule has 0 aliphatic rings. The van der Waals surface area contributed by atoms with E-state index in [0.29, 0.717) is 17.1 Å². The zero-order chi connectivity index (χ0) is 17.6. The number of benzene rings is 2. The minimum atomic E-state index is -0.0509. The summed E-state index contributed by atoms with van der Waals surface area (Å²) in [5, 5.41) is 5.36. The van der Waals surface area contributed by atoms with Crippen molar-refractivity contribution in [1.82, 2.24) is 10.3 Å². The highest BCUT2D eigenvalue weighted by atomic mass is 35.5. The van der Waals surface area contributed by atoms with E-state index < -0.39 is 0 Å². The Balaban J connectivity index is 1.94. The first kappa shape index (κ1) is 17.8. The highest BCUT2D eigenvalue weighted by Gasteiger charge is 2.13. The fourth-order valence-electron chi connectivity index (χ4n) is 2.49. The van der Waals surface area contributed by atoms with E-state index in [1.807, 2.05) is 54.6 Å². The number of pyridine rings is 1. The first-order valence-electron chi connectivity index (χ1n) is 8.29. The van der Waals surface area contributed by atoms with Gasteiger partial charge in [-0.2, -0.15) is 0 Å². The van der Waals surface area contributed by atoms with Crippen LogP contribution in [-0.4, -0.2) is 17.4 Å². The predicted octanol–water partition coefficient (Wildman–Crippen LogP) is 5.57. The number of para-hydroxylation sites is 1. The molecule has 0 fully saturated rings. The maximum absolute atomic E-state index is 12.6. The smallest absolute Gasteiger partial charge is 0.252 e. The van der Waals surface area contributed by atoms with Gasteiger partial charge in [0.05, 0.1) is 11.1 Å². The Morgan fingerprint density at radius 3 is 2.68 bits per heavy atom. The third-order valence-corrected chi connectivity index (χ3v) is 4.97. The summed E-state index contributed by atoms with van der Waals surface area (Å²) in [6, 6.07) is 17.2. The highest BCUT2D eigenvalue weighted by molar-refractivity contribution is 7.99. The molecule has 0 spiro atoms. The van der Waals surface area contributed by atoms with Gasteiger partial charge in [0.25, 0.3) is 5.91 Å². The van der Waals surface area contributed by atoms with E-state index >= 15 is 0 Å². The summed E-state index contributed by atoms with van der Waals surface area (Å²) in [4.78, 5) is 18.3. The topological polar surface area (TPSA) is 42.0 Å². The molecule has 0 atom stereocenters. The summed E-state index contributed by atoms with van der Waals surface area (Å²) in [6.07, 6.45) is 2.02. The van der Waals surface area contributed by atoms with E-state index in [1.54, 1.807) is 0 Å². The molecule has 3 nitrogen and oxygen atoms in total. The maximum Gasteiger partial charge on any atom is 0.252 e. The lowest BCUT2D eigenvalue weighted by molar-refractivity contribution is 0.0954. The van der Waals surface area contributed by atoms with Crippen LogP contribution in [0, 0.1) is 0 Å². The molecule has 0 aliphatic carbocycles. The standard InChI is InChI=1S/C20H19ClN2OS/c1-2-3-12-22-20(24)17-13-19(23-18-7-5-4-6-16(17)18)25-15-10-8-14(21)9-11-15/h4-11,13H,2-3,12H2,1H3,(H,22,24). The number of aromatic nitrogens is 1. The summed E-state index contributed by atoms with van der Waals surface area (Å²) in [5.41, 5.74) is 1.49. The van der Waals surface area contributed by atoms with Crippen LogP contribution >= 0.6 is 23.4 Å². The van der Waals surface area contributed by atoms with E-state index in [-0.39, 0.29) is 5.91 Å². The Morgan fingerprint density at radius 2 is 1.92 bits per heavy atom.